The number of ether oxygens (including phenoxy) is 1. The van der Waals surface area contributed by atoms with Crippen LogP contribution in [-0.2, 0) is 4.79 Å². The fourth-order valence-electron chi connectivity index (χ4n) is 3.49. The first kappa shape index (κ1) is 19.1. The van der Waals surface area contributed by atoms with Crippen molar-refractivity contribution >= 4 is 45.7 Å². The third-order valence-corrected chi connectivity index (χ3v) is 5.22. The largest absolute Gasteiger partial charge is 0.482 e. The van der Waals surface area contributed by atoms with Crippen LogP contribution >= 0.6 is 11.6 Å². The fraction of sp³-hybridized carbons (Fsp3) is 0.0417. The fourth-order valence-corrected chi connectivity index (χ4v) is 3.62. The molecule has 31 heavy (non-hydrogen) atoms. The van der Waals surface area contributed by atoms with E-state index < -0.39 is 0 Å². The zero-order chi connectivity index (χ0) is 21.4. The first-order valence-electron chi connectivity index (χ1n) is 9.60. The number of fused-ring (bicyclic) bond motifs is 2. The Hall–Kier alpha value is -3.90. The topological polar surface area (TPSA) is 80.3 Å². The SMILES string of the molecule is O=C1COc2ccc(NC(=O)c3cc(-c4ccc(Cl)cc4)nc4ccccc34)cc2N1. The Balaban J connectivity index is 1.53. The van der Waals surface area contributed by atoms with Crippen LogP contribution < -0.4 is 15.4 Å². The summed E-state index contributed by atoms with van der Waals surface area (Å²) in [5.41, 5.74) is 3.81. The van der Waals surface area contributed by atoms with Crippen molar-refractivity contribution in [3.8, 4) is 17.0 Å². The summed E-state index contributed by atoms with van der Waals surface area (Å²) >= 11 is 6.01. The number of anilines is 2. The van der Waals surface area contributed by atoms with Crippen LogP contribution in [0.15, 0.2) is 72.8 Å². The van der Waals surface area contributed by atoms with E-state index in [1.165, 1.54) is 0 Å². The molecule has 0 spiro atoms. The van der Waals surface area contributed by atoms with Gasteiger partial charge < -0.3 is 15.4 Å². The van der Waals surface area contributed by atoms with Crippen LogP contribution in [0.2, 0.25) is 5.02 Å². The maximum atomic E-state index is 13.2. The highest BCUT2D eigenvalue weighted by atomic mass is 35.5. The quantitative estimate of drug-likeness (QED) is 0.472. The van der Waals surface area contributed by atoms with Crippen molar-refractivity contribution in [2.45, 2.75) is 0 Å². The summed E-state index contributed by atoms with van der Waals surface area (Å²) in [6.45, 7) is -0.0187. The molecule has 1 aliphatic rings. The molecule has 152 valence electrons. The van der Waals surface area contributed by atoms with E-state index in [9.17, 15) is 9.59 Å². The van der Waals surface area contributed by atoms with Crippen molar-refractivity contribution in [2.75, 3.05) is 17.2 Å². The number of nitrogens with one attached hydrogen (secondary N) is 2. The Labute approximate surface area is 182 Å². The number of hydrogen-bond acceptors (Lipinski definition) is 4. The van der Waals surface area contributed by atoms with Crippen LogP contribution in [0.3, 0.4) is 0 Å². The minimum absolute atomic E-state index is 0.0187. The number of hydrogen-bond donors (Lipinski definition) is 2. The van der Waals surface area contributed by atoms with E-state index in [-0.39, 0.29) is 18.4 Å². The van der Waals surface area contributed by atoms with Gasteiger partial charge in [-0.15, -0.1) is 0 Å². The summed E-state index contributed by atoms with van der Waals surface area (Å²) in [5.74, 6) is 0.0533. The smallest absolute Gasteiger partial charge is 0.262 e. The number of amides is 2. The van der Waals surface area contributed by atoms with Crippen LogP contribution in [0.25, 0.3) is 22.2 Å². The molecule has 1 aromatic heterocycles. The Kier molecular flexibility index (Phi) is 4.76. The van der Waals surface area contributed by atoms with Crippen molar-refractivity contribution in [1.82, 2.24) is 4.98 Å². The van der Waals surface area contributed by atoms with Crippen molar-refractivity contribution in [2.24, 2.45) is 0 Å². The Morgan fingerprint density at radius 1 is 1.03 bits per heavy atom. The van der Waals surface area contributed by atoms with Crippen molar-refractivity contribution in [3.63, 3.8) is 0 Å². The number of nitrogens with zero attached hydrogens (tertiary/aromatic N) is 1. The van der Waals surface area contributed by atoms with E-state index in [4.69, 9.17) is 21.3 Å². The van der Waals surface area contributed by atoms with Gasteiger partial charge in [-0.3, -0.25) is 9.59 Å². The predicted octanol–water partition coefficient (Wildman–Crippen LogP) is 5.14. The second kappa shape index (κ2) is 7.74. The minimum Gasteiger partial charge on any atom is -0.482 e. The molecule has 2 amide bonds. The third-order valence-electron chi connectivity index (χ3n) is 4.97. The van der Waals surface area contributed by atoms with Gasteiger partial charge >= 0.3 is 0 Å². The summed E-state index contributed by atoms with van der Waals surface area (Å²) in [6, 6.07) is 21.7. The number of aromatic nitrogens is 1. The average Bonchev–Trinajstić information content (AvgIpc) is 2.78. The van der Waals surface area contributed by atoms with Crippen molar-refractivity contribution in [1.29, 1.82) is 0 Å². The van der Waals surface area contributed by atoms with Gasteiger partial charge in [-0.25, -0.2) is 4.98 Å². The summed E-state index contributed by atoms with van der Waals surface area (Å²) in [4.78, 5) is 29.5. The first-order valence-corrected chi connectivity index (χ1v) is 9.98. The van der Waals surface area contributed by atoms with Crippen LogP contribution in [0.4, 0.5) is 11.4 Å². The summed E-state index contributed by atoms with van der Waals surface area (Å²) in [7, 11) is 0. The molecule has 0 aliphatic carbocycles. The lowest BCUT2D eigenvalue weighted by Crippen LogP contribution is -2.25. The van der Waals surface area contributed by atoms with Crippen LogP contribution in [-0.4, -0.2) is 23.4 Å². The molecule has 2 heterocycles. The number of para-hydroxylation sites is 1. The highest BCUT2D eigenvalue weighted by Crippen LogP contribution is 2.31. The molecule has 0 saturated carbocycles. The monoisotopic (exact) mass is 429 g/mol. The second-order valence-corrected chi connectivity index (χ2v) is 7.52. The Morgan fingerprint density at radius 2 is 1.84 bits per heavy atom. The van der Waals surface area contributed by atoms with Gasteiger partial charge in [-0.05, 0) is 42.5 Å². The zero-order valence-corrected chi connectivity index (χ0v) is 16.9. The van der Waals surface area contributed by atoms with Gasteiger partial charge in [0.1, 0.15) is 5.75 Å². The first-order chi connectivity index (χ1) is 15.1. The van der Waals surface area contributed by atoms with Gasteiger partial charge in [0, 0.05) is 21.7 Å². The Bertz CT molecular complexity index is 1340. The molecule has 2 N–H and O–H groups in total. The van der Waals surface area contributed by atoms with Gasteiger partial charge in [0.05, 0.1) is 22.5 Å². The van der Waals surface area contributed by atoms with Crippen LogP contribution in [0.5, 0.6) is 5.75 Å². The molecule has 4 aromatic rings. The summed E-state index contributed by atoms with van der Waals surface area (Å²) in [5, 5.41) is 7.02. The summed E-state index contributed by atoms with van der Waals surface area (Å²) in [6.07, 6.45) is 0. The standard InChI is InChI=1S/C24H16ClN3O3/c25-15-7-5-14(6-8-15)20-12-18(17-3-1-2-4-19(17)27-20)24(30)26-16-9-10-22-21(11-16)28-23(29)13-31-22/h1-12H,13H2,(H,26,30)(H,28,29). The number of pyridine rings is 1. The van der Waals surface area contributed by atoms with E-state index in [1.54, 1.807) is 36.4 Å². The van der Waals surface area contributed by atoms with E-state index in [2.05, 4.69) is 10.6 Å². The van der Waals surface area contributed by atoms with Crippen molar-refractivity contribution in [3.05, 3.63) is 83.4 Å². The lowest BCUT2D eigenvalue weighted by Gasteiger charge is -2.18. The van der Waals surface area contributed by atoms with Gasteiger partial charge in [0.2, 0.25) is 0 Å². The van der Waals surface area contributed by atoms with Gasteiger partial charge in [-0.2, -0.15) is 0 Å². The molecule has 0 saturated heterocycles. The van der Waals surface area contributed by atoms with Gasteiger partial charge in [0.25, 0.3) is 11.8 Å². The zero-order valence-electron chi connectivity index (χ0n) is 16.2. The number of benzene rings is 3. The average molecular weight is 430 g/mol. The molecular weight excluding hydrogens is 414 g/mol. The highest BCUT2D eigenvalue weighted by molar-refractivity contribution is 6.30. The van der Waals surface area contributed by atoms with Crippen molar-refractivity contribution < 1.29 is 14.3 Å². The number of carbonyl (C=O) groups excluding carboxylic acids is 2. The maximum Gasteiger partial charge on any atom is 0.262 e. The minimum atomic E-state index is -0.281. The predicted molar refractivity (Wildman–Crippen MR) is 121 cm³/mol. The lowest BCUT2D eigenvalue weighted by molar-refractivity contribution is -0.118. The molecular formula is C24H16ClN3O3. The third kappa shape index (κ3) is 3.81. The number of carbonyl (C=O) groups is 2. The molecule has 3 aromatic carbocycles. The van der Waals surface area contributed by atoms with E-state index in [1.807, 2.05) is 36.4 Å². The van der Waals surface area contributed by atoms with Gasteiger partial charge in [-0.1, -0.05) is 41.9 Å². The molecule has 0 radical (unpaired) electrons. The van der Waals surface area contributed by atoms with Crippen LogP contribution in [0.1, 0.15) is 10.4 Å². The molecule has 6 nitrogen and oxygen atoms in total. The molecule has 0 fully saturated rings. The lowest BCUT2D eigenvalue weighted by atomic mass is 10.0. The summed E-state index contributed by atoms with van der Waals surface area (Å²) < 4.78 is 5.37. The number of rotatable bonds is 3. The van der Waals surface area contributed by atoms with E-state index in [0.29, 0.717) is 38.9 Å². The van der Waals surface area contributed by atoms with E-state index in [0.717, 1.165) is 10.9 Å². The maximum absolute atomic E-state index is 13.2. The molecule has 0 unspecified atom stereocenters. The molecule has 5 rings (SSSR count). The molecule has 7 heteroatoms. The highest BCUT2D eigenvalue weighted by Gasteiger charge is 2.18. The normalized spacial score (nSPS) is 12.6. The van der Waals surface area contributed by atoms with Crippen LogP contribution in [0, 0.1) is 0 Å². The molecule has 0 atom stereocenters. The molecule has 0 bridgehead atoms. The number of halogens is 1. The molecule has 1 aliphatic heterocycles. The Morgan fingerprint density at radius 3 is 2.68 bits per heavy atom. The second-order valence-electron chi connectivity index (χ2n) is 7.08. The van der Waals surface area contributed by atoms with Gasteiger partial charge in [0.15, 0.2) is 6.61 Å². The van der Waals surface area contributed by atoms with E-state index >= 15 is 0 Å².